The minimum atomic E-state index is -1.27. The number of rotatable bonds is 14. The van der Waals surface area contributed by atoms with Crippen molar-refractivity contribution < 1.29 is 35.4 Å². The maximum atomic E-state index is 10.3. The molecule has 7 heteroatoms. The Balaban J connectivity index is 4.56. The van der Waals surface area contributed by atoms with Crippen molar-refractivity contribution in [3.63, 3.8) is 0 Å². The summed E-state index contributed by atoms with van der Waals surface area (Å²) >= 11 is 0. The van der Waals surface area contributed by atoms with Crippen LogP contribution in [0.3, 0.4) is 0 Å². The van der Waals surface area contributed by atoms with Gasteiger partial charge in [0.15, 0.2) is 11.5 Å². The molecule has 0 rings (SSSR count). The van der Waals surface area contributed by atoms with Crippen molar-refractivity contribution in [1.82, 2.24) is 0 Å². The van der Waals surface area contributed by atoms with Crippen LogP contribution in [0.25, 0.3) is 0 Å². The average molecular weight is 408 g/mol. The molecule has 29 heavy (non-hydrogen) atoms. The third kappa shape index (κ3) is 14.8. The summed E-state index contributed by atoms with van der Waals surface area (Å²) in [7, 11) is 0. The summed E-state index contributed by atoms with van der Waals surface area (Å²) in [6.07, 6.45) is 14.2. The van der Waals surface area contributed by atoms with E-state index in [4.69, 9.17) is 5.11 Å². The lowest BCUT2D eigenvalue weighted by molar-refractivity contribution is -0.136. The monoisotopic (exact) mass is 408 g/mol. The van der Waals surface area contributed by atoms with Crippen molar-refractivity contribution in [3.05, 3.63) is 71.6 Å². The molecule has 0 unspecified atom stereocenters. The van der Waals surface area contributed by atoms with Crippen LogP contribution < -0.4 is 0 Å². The highest BCUT2D eigenvalue weighted by Crippen LogP contribution is 2.12. The quantitative estimate of drug-likeness (QED) is 0.134. The Labute approximate surface area is 171 Å². The molecule has 0 aliphatic heterocycles. The fourth-order valence-electron chi connectivity index (χ4n) is 2.07. The summed E-state index contributed by atoms with van der Waals surface area (Å²) in [5.41, 5.74) is 0. The molecule has 0 aliphatic rings. The van der Waals surface area contributed by atoms with Crippen molar-refractivity contribution in [3.8, 4) is 0 Å². The second-order valence-corrected chi connectivity index (χ2v) is 6.26. The molecule has 0 spiro atoms. The Morgan fingerprint density at radius 2 is 1.38 bits per heavy atom. The standard InChI is InChI=1S/C22H32O7/c1-2-3-4-9-12-17(23)15-19(25)21(27)16-20(26)18(24)13-10-7-5-6-8-11-14-22(28)29/h3-4,6-8,10,15-16,18,23-27H,2,5,9,11-14H2,1H3,(H,28,29)/b4-3-,8-6-,10-7-,17-15-,20-16-,21-19-/t18-/m0/s1. The lowest BCUT2D eigenvalue weighted by Gasteiger charge is -2.07. The topological polar surface area (TPSA) is 138 Å². The lowest BCUT2D eigenvalue weighted by atomic mass is 10.1. The summed E-state index contributed by atoms with van der Waals surface area (Å²) < 4.78 is 0. The van der Waals surface area contributed by atoms with E-state index in [0.29, 0.717) is 25.7 Å². The largest absolute Gasteiger partial charge is 0.512 e. The molecular weight excluding hydrogens is 376 g/mol. The van der Waals surface area contributed by atoms with Gasteiger partial charge in [-0.25, -0.2) is 0 Å². The van der Waals surface area contributed by atoms with Crippen molar-refractivity contribution >= 4 is 5.97 Å². The van der Waals surface area contributed by atoms with Crippen LogP contribution in [0, 0.1) is 0 Å². The molecule has 0 aromatic heterocycles. The number of allylic oxidation sites excluding steroid dienone is 8. The van der Waals surface area contributed by atoms with Gasteiger partial charge >= 0.3 is 5.97 Å². The molecule has 0 aliphatic carbocycles. The van der Waals surface area contributed by atoms with Gasteiger partial charge in [0.05, 0.1) is 5.76 Å². The van der Waals surface area contributed by atoms with E-state index in [0.717, 1.165) is 18.6 Å². The highest BCUT2D eigenvalue weighted by atomic mass is 16.4. The van der Waals surface area contributed by atoms with E-state index < -0.39 is 29.4 Å². The van der Waals surface area contributed by atoms with Crippen LogP contribution in [0.1, 0.15) is 51.9 Å². The maximum Gasteiger partial charge on any atom is 0.303 e. The van der Waals surface area contributed by atoms with E-state index in [1.807, 2.05) is 19.1 Å². The summed E-state index contributed by atoms with van der Waals surface area (Å²) in [5, 5.41) is 57.4. The van der Waals surface area contributed by atoms with Crippen LogP contribution in [-0.2, 0) is 4.79 Å². The Morgan fingerprint density at radius 3 is 2.03 bits per heavy atom. The van der Waals surface area contributed by atoms with Crippen LogP contribution in [0.2, 0.25) is 0 Å². The van der Waals surface area contributed by atoms with Crippen molar-refractivity contribution in [1.29, 1.82) is 0 Å². The molecular formula is C22H32O7. The first kappa shape index (κ1) is 26.1. The Bertz CT molecular complexity index is 667. The number of carboxylic acids is 1. The normalized spacial score (nSPS) is 15.4. The van der Waals surface area contributed by atoms with Crippen LogP contribution >= 0.6 is 0 Å². The zero-order chi connectivity index (χ0) is 22.1. The summed E-state index contributed by atoms with van der Waals surface area (Å²) in [5.74, 6) is -2.81. The van der Waals surface area contributed by atoms with Crippen LogP contribution in [0.4, 0.5) is 0 Å². The van der Waals surface area contributed by atoms with Crippen molar-refractivity contribution in [2.24, 2.45) is 0 Å². The van der Waals surface area contributed by atoms with E-state index in [2.05, 4.69) is 0 Å². The number of aliphatic hydroxyl groups is 5. The van der Waals surface area contributed by atoms with Gasteiger partial charge in [-0.1, -0.05) is 43.4 Å². The SMILES string of the molecule is CC/C=C\CC/C(O)=C/C(O)=C(O)\C=C(/O)[C@@H](O)C/C=C\C/C=C\CCC(=O)O. The predicted octanol–water partition coefficient (Wildman–Crippen LogP) is 5.06. The number of hydrogen-bond acceptors (Lipinski definition) is 6. The van der Waals surface area contributed by atoms with Gasteiger partial charge in [0.2, 0.25) is 0 Å². The maximum absolute atomic E-state index is 10.3. The van der Waals surface area contributed by atoms with Crippen LogP contribution in [0.15, 0.2) is 71.6 Å². The first-order valence-electron chi connectivity index (χ1n) is 9.55. The van der Waals surface area contributed by atoms with Gasteiger partial charge in [-0.3, -0.25) is 4.79 Å². The molecule has 0 bridgehead atoms. The molecule has 0 radical (unpaired) electrons. The van der Waals surface area contributed by atoms with Gasteiger partial charge < -0.3 is 30.6 Å². The molecule has 0 fully saturated rings. The summed E-state index contributed by atoms with van der Waals surface area (Å²) in [6.45, 7) is 1.99. The molecule has 1 atom stereocenters. The average Bonchev–Trinajstić information content (AvgIpc) is 2.66. The van der Waals surface area contributed by atoms with Gasteiger partial charge in [0, 0.05) is 25.0 Å². The number of carboxylic acid groups (broad SMARTS) is 1. The molecule has 0 amide bonds. The fraction of sp³-hybridized carbons (Fsp3) is 0.409. The van der Waals surface area contributed by atoms with E-state index in [9.17, 15) is 30.3 Å². The number of aliphatic carboxylic acids is 1. The Kier molecular flexibility index (Phi) is 14.4. The molecule has 0 aromatic rings. The van der Waals surface area contributed by atoms with E-state index in [1.165, 1.54) is 0 Å². The fourth-order valence-corrected chi connectivity index (χ4v) is 2.07. The summed E-state index contributed by atoms with van der Waals surface area (Å²) in [4.78, 5) is 10.3. The molecule has 0 aromatic carbocycles. The van der Waals surface area contributed by atoms with Crippen LogP contribution in [0.5, 0.6) is 0 Å². The van der Waals surface area contributed by atoms with Gasteiger partial charge in [0.1, 0.15) is 11.9 Å². The Hall–Kier alpha value is -2.93. The first-order valence-corrected chi connectivity index (χ1v) is 9.55. The van der Waals surface area contributed by atoms with Crippen molar-refractivity contribution in [2.45, 2.75) is 58.0 Å². The second kappa shape index (κ2) is 16.1. The lowest BCUT2D eigenvalue weighted by Crippen LogP contribution is -2.09. The number of hydrogen-bond donors (Lipinski definition) is 6. The minimum Gasteiger partial charge on any atom is -0.512 e. The number of aliphatic hydroxyl groups excluding tert-OH is 5. The zero-order valence-electron chi connectivity index (χ0n) is 16.7. The molecule has 0 saturated heterocycles. The van der Waals surface area contributed by atoms with E-state index in [1.54, 1.807) is 24.3 Å². The first-order chi connectivity index (χ1) is 13.8. The molecule has 162 valence electrons. The third-order valence-electron chi connectivity index (χ3n) is 3.65. The summed E-state index contributed by atoms with van der Waals surface area (Å²) in [6, 6.07) is 0. The molecule has 0 saturated carbocycles. The van der Waals surface area contributed by atoms with E-state index in [-0.39, 0.29) is 18.6 Å². The van der Waals surface area contributed by atoms with Crippen LogP contribution in [-0.4, -0.2) is 42.7 Å². The van der Waals surface area contributed by atoms with E-state index >= 15 is 0 Å². The highest BCUT2D eigenvalue weighted by molar-refractivity contribution is 5.66. The van der Waals surface area contributed by atoms with Gasteiger partial charge in [-0.05, 0) is 32.1 Å². The molecule has 0 heterocycles. The number of carbonyl (C=O) groups is 1. The highest BCUT2D eigenvalue weighted by Gasteiger charge is 2.10. The third-order valence-corrected chi connectivity index (χ3v) is 3.65. The molecule has 7 nitrogen and oxygen atoms in total. The zero-order valence-corrected chi connectivity index (χ0v) is 16.7. The second-order valence-electron chi connectivity index (χ2n) is 6.26. The Morgan fingerprint density at radius 1 is 0.793 bits per heavy atom. The van der Waals surface area contributed by atoms with Crippen molar-refractivity contribution in [2.75, 3.05) is 0 Å². The van der Waals surface area contributed by atoms with Gasteiger partial charge in [-0.2, -0.15) is 0 Å². The predicted molar refractivity (Wildman–Crippen MR) is 113 cm³/mol. The van der Waals surface area contributed by atoms with Gasteiger partial charge in [0.25, 0.3) is 0 Å². The molecule has 6 N–H and O–H groups in total. The minimum absolute atomic E-state index is 0.0737. The smallest absolute Gasteiger partial charge is 0.303 e. The van der Waals surface area contributed by atoms with Gasteiger partial charge in [-0.15, -0.1) is 0 Å².